The number of hydrogen-bond acceptors (Lipinski definition) is 5. The largest absolute Gasteiger partial charge is 0.493 e. The average molecular weight is 517 g/mol. The fourth-order valence-electron chi connectivity index (χ4n) is 3.45. The van der Waals surface area contributed by atoms with Gasteiger partial charge in [-0.25, -0.2) is 10.2 Å². The summed E-state index contributed by atoms with van der Waals surface area (Å²) >= 11 is 3.54. The standard InChI is InChI=1S/C27H21BrN2O4/c1-33-25-15-18(11-14-24(25)34-27(32)19-7-3-2-4-8-19)17-29-30-26(31)16-20-12-13-23(28)22-10-6-5-9-21(20)22/h2-15,17H,16H2,1H3,(H,30,31)/b29-17+. The first-order chi connectivity index (χ1) is 16.5. The highest BCUT2D eigenvalue weighted by Gasteiger charge is 2.13. The summed E-state index contributed by atoms with van der Waals surface area (Å²) in [6.45, 7) is 0. The molecule has 0 bridgehead atoms. The van der Waals surface area contributed by atoms with Crippen LogP contribution >= 0.6 is 15.9 Å². The van der Waals surface area contributed by atoms with Crippen molar-refractivity contribution in [3.63, 3.8) is 0 Å². The SMILES string of the molecule is COc1cc(/C=N/NC(=O)Cc2ccc(Br)c3ccccc23)ccc1OC(=O)c1ccccc1. The predicted octanol–water partition coefficient (Wildman–Crippen LogP) is 5.52. The van der Waals surface area contributed by atoms with Crippen LogP contribution in [0.5, 0.6) is 11.5 Å². The Labute approximate surface area is 205 Å². The summed E-state index contributed by atoms with van der Waals surface area (Å²) in [5.74, 6) is -0.0438. The lowest BCUT2D eigenvalue weighted by Gasteiger charge is -2.10. The molecule has 4 rings (SSSR count). The molecule has 1 N–H and O–H groups in total. The van der Waals surface area contributed by atoms with Crippen molar-refractivity contribution in [2.24, 2.45) is 5.10 Å². The van der Waals surface area contributed by atoms with Crippen LogP contribution in [0, 0.1) is 0 Å². The van der Waals surface area contributed by atoms with Crippen LogP contribution in [-0.2, 0) is 11.2 Å². The summed E-state index contributed by atoms with van der Waals surface area (Å²) in [5.41, 5.74) is 4.59. The minimum absolute atomic E-state index is 0.197. The van der Waals surface area contributed by atoms with E-state index in [0.29, 0.717) is 22.6 Å². The number of carbonyl (C=O) groups excluding carboxylic acids is 2. The first kappa shape index (κ1) is 23.2. The molecule has 0 aliphatic heterocycles. The van der Waals surface area contributed by atoms with Crippen molar-refractivity contribution in [2.45, 2.75) is 6.42 Å². The summed E-state index contributed by atoms with van der Waals surface area (Å²) < 4.78 is 11.8. The number of halogens is 1. The zero-order valence-electron chi connectivity index (χ0n) is 18.3. The molecule has 0 atom stereocenters. The fraction of sp³-hybridized carbons (Fsp3) is 0.0741. The number of nitrogens with one attached hydrogen (secondary N) is 1. The van der Waals surface area contributed by atoms with Gasteiger partial charge in [-0.2, -0.15) is 5.10 Å². The molecule has 0 heterocycles. The third-order valence-electron chi connectivity index (χ3n) is 5.11. The topological polar surface area (TPSA) is 77.0 Å². The quantitative estimate of drug-likeness (QED) is 0.152. The number of amides is 1. The second-order valence-corrected chi connectivity index (χ2v) is 8.24. The molecule has 6 nitrogen and oxygen atoms in total. The van der Waals surface area contributed by atoms with E-state index in [0.717, 1.165) is 20.8 Å². The van der Waals surface area contributed by atoms with E-state index in [-0.39, 0.29) is 12.3 Å². The molecule has 7 heteroatoms. The maximum atomic E-state index is 12.4. The molecule has 0 aliphatic rings. The van der Waals surface area contributed by atoms with Gasteiger partial charge in [-0.1, -0.05) is 64.5 Å². The number of esters is 1. The van der Waals surface area contributed by atoms with Crippen LogP contribution < -0.4 is 14.9 Å². The minimum atomic E-state index is -0.479. The van der Waals surface area contributed by atoms with Crippen molar-refractivity contribution in [1.29, 1.82) is 0 Å². The lowest BCUT2D eigenvalue weighted by molar-refractivity contribution is -0.120. The number of carbonyl (C=O) groups is 2. The number of hydrogen-bond donors (Lipinski definition) is 1. The lowest BCUT2D eigenvalue weighted by atomic mass is 10.0. The third-order valence-corrected chi connectivity index (χ3v) is 5.81. The Bertz CT molecular complexity index is 1370. The molecule has 0 fully saturated rings. The van der Waals surface area contributed by atoms with Crippen molar-refractivity contribution >= 4 is 44.8 Å². The summed E-state index contributed by atoms with van der Waals surface area (Å²) in [7, 11) is 1.49. The van der Waals surface area contributed by atoms with Crippen LogP contribution in [0.25, 0.3) is 10.8 Å². The van der Waals surface area contributed by atoms with Gasteiger partial charge in [-0.15, -0.1) is 0 Å². The number of benzene rings is 4. The van der Waals surface area contributed by atoms with E-state index in [4.69, 9.17) is 9.47 Å². The third kappa shape index (κ3) is 5.50. The van der Waals surface area contributed by atoms with Crippen LogP contribution in [-0.4, -0.2) is 25.2 Å². The van der Waals surface area contributed by atoms with E-state index in [9.17, 15) is 9.59 Å². The molecule has 170 valence electrons. The van der Waals surface area contributed by atoms with Crippen molar-refractivity contribution in [1.82, 2.24) is 5.43 Å². The van der Waals surface area contributed by atoms with Gasteiger partial charge in [0.1, 0.15) is 0 Å². The second kappa shape index (κ2) is 10.8. The van der Waals surface area contributed by atoms with E-state index in [1.807, 2.05) is 42.5 Å². The molecular formula is C27H21BrN2O4. The molecule has 0 radical (unpaired) electrons. The van der Waals surface area contributed by atoms with Gasteiger partial charge in [0, 0.05) is 4.47 Å². The highest BCUT2D eigenvalue weighted by Crippen LogP contribution is 2.29. The van der Waals surface area contributed by atoms with Crippen LogP contribution in [0.15, 0.2) is 94.5 Å². The van der Waals surface area contributed by atoms with E-state index in [2.05, 4.69) is 26.5 Å². The van der Waals surface area contributed by atoms with Crippen molar-refractivity contribution in [3.8, 4) is 11.5 Å². The van der Waals surface area contributed by atoms with Gasteiger partial charge in [0.25, 0.3) is 0 Å². The van der Waals surface area contributed by atoms with Gasteiger partial charge >= 0.3 is 5.97 Å². The molecule has 0 unspecified atom stereocenters. The van der Waals surface area contributed by atoms with Crippen LogP contribution in [0.1, 0.15) is 21.5 Å². The van der Waals surface area contributed by atoms with Gasteiger partial charge in [-0.05, 0) is 58.3 Å². The van der Waals surface area contributed by atoms with Gasteiger partial charge in [-0.3, -0.25) is 4.79 Å². The second-order valence-electron chi connectivity index (χ2n) is 7.39. The Hall–Kier alpha value is -3.97. The Morgan fingerprint density at radius 3 is 2.41 bits per heavy atom. The molecule has 0 aromatic heterocycles. The van der Waals surface area contributed by atoms with Crippen LogP contribution in [0.3, 0.4) is 0 Å². The zero-order valence-corrected chi connectivity index (χ0v) is 19.9. The Morgan fingerprint density at radius 2 is 1.65 bits per heavy atom. The molecule has 4 aromatic rings. The fourth-order valence-corrected chi connectivity index (χ4v) is 3.93. The Balaban J connectivity index is 1.40. The zero-order chi connectivity index (χ0) is 23.9. The predicted molar refractivity (Wildman–Crippen MR) is 135 cm³/mol. The smallest absolute Gasteiger partial charge is 0.343 e. The molecule has 34 heavy (non-hydrogen) atoms. The highest BCUT2D eigenvalue weighted by atomic mass is 79.9. The van der Waals surface area contributed by atoms with E-state index in [1.54, 1.807) is 42.5 Å². The number of rotatable bonds is 7. The monoisotopic (exact) mass is 516 g/mol. The first-order valence-electron chi connectivity index (χ1n) is 10.5. The molecule has 0 aliphatic carbocycles. The van der Waals surface area contributed by atoms with Gasteiger partial charge in [0.2, 0.25) is 5.91 Å². The lowest BCUT2D eigenvalue weighted by Crippen LogP contribution is -2.19. The van der Waals surface area contributed by atoms with Gasteiger partial charge < -0.3 is 9.47 Å². The summed E-state index contributed by atoms with van der Waals surface area (Å²) in [4.78, 5) is 24.8. The molecular weight excluding hydrogens is 496 g/mol. The Kier molecular flexibility index (Phi) is 7.34. The molecule has 0 saturated carbocycles. The van der Waals surface area contributed by atoms with E-state index < -0.39 is 5.97 Å². The number of nitrogens with zero attached hydrogens (tertiary/aromatic N) is 1. The minimum Gasteiger partial charge on any atom is -0.493 e. The summed E-state index contributed by atoms with van der Waals surface area (Å²) in [5, 5.41) is 6.12. The van der Waals surface area contributed by atoms with E-state index >= 15 is 0 Å². The van der Waals surface area contributed by atoms with Crippen molar-refractivity contribution in [2.75, 3.05) is 7.11 Å². The van der Waals surface area contributed by atoms with E-state index in [1.165, 1.54) is 13.3 Å². The van der Waals surface area contributed by atoms with Crippen molar-refractivity contribution < 1.29 is 19.1 Å². The van der Waals surface area contributed by atoms with Crippen molar-refractivity contribution in [3.05, 3.63) is 106 Å². The van der Waals surface area contributed by atoms with Crippen LogP contribution in [0.4, 0.5) is 0 Å². The average Bonchev–Trinajstić information content (AvgIpc) is 2.87. The molecule has 1 amide bonds. The van der Waals surface area contributed by atoms with Crippen LogP contribution in [0.2, 0.25) is 0 Å². The number of fused-ring (bicyclic) bond motifs is 1. The molecule has 0 spiro atoms. The normalized spacial score (nSPS) is 10.9. The first-order valence-corrected chi connectivity index (χ1v) is 11.3. The number of hydrazone groups is 1. The summed E-state index contributed by atoms with van der Waals surface area (Å²) in [6, 6.07) is 25.5. The number of ether oxygens (including phenoxy) is 2. The maximum absolute atomic E-state index is 12.4. The highest BCUT2D eigenvalue weighted by molar-refractivity contribution is 9.10. The van der Waals surface area contributed by atoms with Gasteiger partial charge in [0.05, 0.1) is 25.3 Å². The Morgan fingerprint density at radius 1 is 0.912 bits per heavy atom. The summed E-state index contributed by atoms with van der Waals surface area (Å²) in [6.07, 6.45) is 1.70. The number of methoxy groups -OCH3 is 1. The molecule has 0 saturated heterocycles. The van der Waals surface area contributed by atoms with Gasteiger partial charge in [0.15, 0.2) is 11.5 Å². The molecule has 4 aromatic carbocycles. The maximum Gasteiger partial charge on any atom is 0.343 e.